The van der Waals surface area contributed by atoms with E-state index in [-0.39, 0.29) is 0 Å². The fraction of sp³-hybridized carbons (Fsp3) is 0. The van der Waals surface area contributed by atoms with Crippen LogP contribution in [-0.2, 0) is 0 Å². The highest BCUT2D eigenvalue weighted by Gasteiger charge is 2.21. The van der Waals surface area contributed by atoms with Gasteiger partial charge in [0.15, 0.2) is 17.5 Å². The maximum Gasteiger partial charge on any atom is 0.164 e. The predicted octanol–water partition coefficient (Wildman–Crippen LogP) is 10.7. The van der Waals surface area contributed by atoms with E-state index in [2.05, 4.69) is 97.1 Å². The number of benzene rings is 7. The van der Waals surface area contributed by atoms with Crippen molar-refractivity contribution in [2.45, 2.75) is 0 Å². The Labute approximate surface area is 259 Å². The fourth-order valence-electron chi connectivity index (χ4n) is 6.40. The van der Waals surface area contributed by atoms with Crippen molar-refractivity contribution in [3.8, 4) is 45.3 Å². The van der Waals surface area contributed by atoms with Crippen LogP contribution in [0.15, 0.2) is 156 Å². The molecule has 7 aromatic carbocycles. The zero-order chi connectivity index (χ0) is 29.7. The molecule has 4 heteroatoms. The Morgan fingerprint density at radius 1 is 0.378 bits per heavy atom. The van der Waals surface area contributed by atoms with E-state index in [9.17, 15) is 0 Å². The lowest BCUT2D eigenvalue weighted by molar-refractivity contribution is 0.669. The molecular formula is C41H25N3O. The molecule has 0 unspecified atom stereocenters. The molecule has 0 aliphatic carbocycles. The van der Waals surface area contributed by atoms with Crippen molar-refractivity contribution in [1.82, 2.24) is 15.0 Å². The molecule has 0 radical (unpaired) electrons. The number of rotatable bonds is 4. The molecule has 45 heavy (non-hydrogen) atoms. The van der Waals surface area contributed by atoms with Gasteiger partial charge in [-0.25, -0.2) is 15.0 Å². The normalized spacial score (nSPS) is 11.6. The fourth-order valence-corrected chi connectivity index (χ4v) is 6.40. The quantitative estimate of drug-likeness (QED) is 0.196. The summed E-state index contributed by atoms with van der Waals surface area (Å²) < 4.78 is 6.31. The van der Waals surface area contributed by atoms with Crippen molar-refractivity contribution < 1.29 is 4.42 Å². The third-order valence-corrected chi connectivity index (χ3v) is 8.52. The Hall–Kier alpha value is -6.13. The number of hydrogen-bond acceptors (Lipinski definition) is 4. The SMILES string of the molecule is c1ccc(-c2nc(-c3ccc4c(ccc5ccccc54)c3)nc(-c3ccc4oc5ccccc5c4c3-c3ccccc3)n2)cc1. The van der Waals surface area contributed by atoms with E-state index >= 15 is 0 Å². The topological polar surface area (TPSA) is 51.8 Å². The van der Waals surface area contributed by atoms with Crippen molar-refractivity contribution in [3.63, 3.8) is 0 Å². The van der Waals surface area contributed by atoms with Crippen LogP contribution in [0.3, 0.4) is 0 Å². The molecule has 0 aliphatic rings. The first-order valence-corrected chi connectivity index (χ1v) is 15.0. The van der Waals surface area contributed by atoms with Crippen LogP contribution in [0.5, 0.6) is 0 Å². The lowest BCUT2D eigenvalue weighted by Gasteiger charge is -2.13. The molecule has 4 nitrogen and oxygen atoms in total. The molecule has 0 saturated heterocycles. The zero-order valence-corrected chi connectivity index (χ0v) is 24.2. The van der Waals surface area contributed by atoms with Crippen molar-refractivity contribution in [3.05, 3.63) is 152 Å². The van der Waals surface area contributed by atoms with Crippen LogP contribution in [0.1, 0.15) is 0 Å². The van der Waals surface area contributed by atoms with Crippen LogP contribution in [-0.4, -0.2) is 15.0 Å². The lowest BCUT2D eigenvalue weighted by Crippen LogP contribution is -2.01. The first kappa shape index (κ1) is 25.4. The van der Waals surface area contributed by atoms with Crippen LogP contribution >= 0.6 is 0 Å². The van der Waals surface area contributed by atoms with Gasteiger partial charge in [0, 0.05) is 33.0 Å². The average molecular weight is 576 g/mol. The van der Waals surface area contributed by atoms with Crippen LogP contribution < -0.4 is 0 Å². The molecule has 0 N–H and O–H groups in total. The summed E-state index contributed by atoms with van der Waals surface area (Å²) in [5.41, 5.74) is 6.60. The van der Waals surface area contributed by atoms with E-state index in [1.54, 1.807) is 0 Å². The van der Waals surface area contributed by atoms with E-state index in [0.29, 0.717) is 17.5 Å². The second-order valence-corrected chi connectivity index (χ2v) is 11.2. The second-order valence-electron chi connectivity index (χ2n) is 11.2. The maximum absolute atomic E-state index is 6.31. The van der Waals surface area contributed by atoms with Gasteiger partial charge in [0.05, 0.1) is 0 Å². The number of aromatic nitrogens is 3. The third kappa shape index (κ3) is 4.27. The molecule has 0 aliphatic heterocycles. The summed E-state index contributed by atoms with van der Waals surface area (Å²) in [4.78, 5) is 15.3. The van der Waals surface area contributed by atoms with E-state index in [1.165, 1.54) is 16.2 Å². The summed E-state index contributed by atoms with van der Waals surface area (Å²) in [5.74, 6) is 1.87. The Morgan fingerprint density at radius 2 is 1.00 bits per heavy atom. The standard InChI is InChI=1S/C41H25N3O/c1-3-12-27(13-4-1)37-34(23-24-36-38(37)33-17-9-10-18-35(33)45-36)41-43-39(28-14-5-2-6-15-28)42-40(44-41)30-21-22-32-29(25-30)20-19-26-11-7-8-16-31(26)32/h1-25H. The van der Waals surface area contributed by atoms with E-state index in [4.69, 9.17) is 19.4 Å². The highest BCUT2D eigenvalue weighted by Crippen LogP contribution is 2.42. The van der Waals surface area contributed by atoms with Crippen LogP contribution in [0.4, 0.5) is 0 Å². The zero-order valence-electron chi connectivity index (χ0n) is 24.2. The molecule has 9 rings (SSSR count). The van der Waals surface area contributed by atoms with Gasteiger partial charge in [-0.2, -0.15) is 0 Å². The molecule has 2 aromatic heterocycles. The molecule has 0 saturated carbocycles. The highest BCUT2D eigenvalue weighted by molar-refractivity contribution is 6.15. The van der Waals surface area contributed by atoms with Gasteiger partial charge < -0.3 is 4.42 Å². The van der Waals surface area contributed by atoms with E-state index in [1.807, 2.05) is 54.6 Å². The average Bonchev–Trinajstić information content (AvgIpc) is 3.50. The minimum atomic E-state index is 0.614. The number of hydrogen-bond donors (Lipinski definition) is 0. The van der Waals surface area contributed by atoms with Crippen molar-refractivity contribution in [2.24, 2.45) is 0 Å². The number of nitrogens with zero attached hydrogens (tertiary/aromatic N) is 3. The van der Waals surface area contributed by atoms with Gasteiger partial charge in [0.25, 0.3) is 0 Å². The van der Waals surface area contributed by atoms with Crippen molar-refractivity contribution in [1.29, 1.82) is 0 Å². The minimum absolute atomic E-state index is 0.614. The van der Waals surface area contributed by atoms with Gasteiger partial charge in [-0.05, 0) is 51.4 Å². The van der Waals surface area contributed by atoms with Crippen LogP contribution in [0, 0.1) is 0 Å². The largest absolute Gasteiger partial charge is 0.456 e. The molecule has 210 valence electrons. The third-order valence-electron chi connectivity index (χ3n) is 8.52. The number of fused-ring (bicyclic) bond motifs is 6. The molecular weight excluding hydrogens is 550 g/mol. The second kappa shape index (κ2) is 10.2. The smallest absolute Gasteiger partial charge is 0.164 e. The van der Waals surface area contributed by atoms with Crippen LogP contribution in [0.2, 0.25) is 0 Å². The maximum atomic E-state index is 6.31. The monoisotopic (exact) mass is 575 g/mol. The van der Waals surface area contributed by atoms with Gasteiger partial charge in [0.1, 0.15) is 11.2 Å². The van der Waals surface area contributed by atoms with Gasteiger partial charge >= 0.3 is 0 Å². The molecule has 9 aromatic rings. The summed E-state index contributed by atoms with van der Waals surface area (Å²) in [5, 5.41) is 6.92. The summed E-state index contributed by atoms with van der Waals surface area (Å²) in [6.07, 6.45) is 0. The molecule has 0 atom stereocenters. The van der Waals surface area contributed by atoms with Gasteiger partial charge in [-0.15, -0.1) is 0 Å². The summed E-state index contributed by atoms with van der Waals surface area (Å²) in [6.45, 7) is 0. The predicted molar refractivity (Wildman–Crippen MR) is 184 cm³/mol. The van der Waals surface area contributed by atoms with Gasteiger partial charge in [-0.3, -0.25) is 0 Å². The minimum Gasteiger partial charge on any atom is -0.456 e. The Bertz CT molecular complexity index is 2540. The summed E-state index contributed by atoms with van der Waals surface area (Å²) >= 11 is 0. The first-order valence-electron chi connectivity index (χ1n) is 15.0. The molecule has 0 fully saturated rings. The van der Waals surface area contributed by atoms with Gasteiger partial charge in [0.2, 0.25) is 0 Å². The molecule has 0 amide bonds. The Morgan fingerprint density at radius 3 is 1.82 bits per heavy atom. The van der Waals surface area contributed by atoms with Crippen molar-refractivity contribution in [2.75, 3.05) is 0 Å². The molecule has 0 bridgehead atoms. The number of para-hydroxylation sites is 1. The summed E-state index contributed by atoms with van der Waals surface area (Å²) in [7, 11) is 0. The van der Waals surface area contributed by atoms with E-state index in [0.717, 1.165) is 55.1 Å². The first-order chi connectivity index (χ1) is 22.3. The highest BCUT2D eigenvalue weighted by atomic mass is 16.3. The Kier molecular flexibility index (Phi) is 5.78. The lowest BCUT2D eigenvalue weighted by atomic mass is 9.94. The van der Waals surface area contributed by atoms with Gasteiger partial charge in [-0.1, -0.05) is 127 Å². The Balaban J connectivity index is 1.32. The summed E-state index contributed by atoms with van der Waals surface area (Å²) in [6, 6.07) is 52.1. The number of furan rings is 1. The van der Waals surface area contributed by atoms with Crippen LogP contribution in [0.25, 0.3) is 88.8 Å². The molecule has 0 spiro atoms. The van der Waals surface area contributed by atoms with E-state index < -0.39 is 0 Å². The van der Waals surface area contributed by atoms with Crippen molar-refractivity contribution >= 4 is 43.5 Å². The molecule has 2 heterocycles.